The summed E-state index contributed by atoms with van der Waals surface area (Å²) < 4.78 is 0. The second-order valence-electron chi connectivity index (χ2n) is 5.82. The molecule has 0 aromatic heterocycles. The van der Waals surface area contributed by atoms with Crippen LogP contribution in [0.15, 0.2) is 24.3 Å². The van der Waals surface area contributed by atoms with Crippen LogP contribution in [0.4, 0.5) is 5.69 Å². The van der Waals surface area contributed by atoms with Crippen molar-refractivity contribution in [1.82, 2.24) is 5.32 Å². The lowest BCUT2D eigenvalue weighted by atomic mass is 9.90. The number of nitrogens with one attached hydrogen (secondary N) is 1. The van der Waals surface area contributed by atoms with Crippen molar-refractivity contribution < 1.29 is 4.79 Å². The highest BCUT2D eigenvalue weighted by atomic mass is 16.2. The minimum absolute atomic E-state index is 0.0716. The topological polar surface area (TPSA) is 56.1 Å². The molecule has 4 heteroatoms. The Morgan fingerprint density at radius 1 is 1.50 bits per heavy atom. The second-order valence-corrected chi connectivity index (χ2v) is 5.82. The minimum Gasteiger partial charge on any atom is -0.362 e. The molecule has 0 radical (unpaired) electrons. The highest BCUT2D eigenvalue weighted by Gasteiger charge is 2.31. The van der Waals surface area contributed by atoms with Crippen LogP contribution >= 0.6 is 0 Å². The molecule has 0 saturated heterocycles. The predicted molar refractivity (Wildman–Crippen MR) is 79.4 cm³/mol. The van der Waals surface area contributed by atoms with Crippen molar-refractivity contribution in [3.05, 3.63) is 29.8 Å². The molecule has 0 unspecified atom stereocenters. The Balaban J connectivity index is 2.02. The van der Waals surface area contributed by atoms with Gasteiger partial charge in [-0.25, -0.2) is 0 Å². The molecule has 0 saturated carbocycles. The fraction of sp³-hybridized carbons (Fsp3) is 0.500. The molecule has 1 aromatic rings. The summed E-state index contributed by atoms with van der Waals surface area (Å²) in [7, 11) is 0. The number of fused-ring (bicyclic) bond motifs is 1. The smallest absolute Gasteiger partial charge is 0.240 e. The van der Waals surface area contributed by atoms with Crippen LogP contribution in [0, 0.1) is 17.2 Å². The van der Waals surface area contributed by atoms with Gasteiger partial charge in [0.05, 0.1) is 12.6 Å². The number of benzene rings is 1. The van der Waals surface area contributed by atoms with E-state index in [9.17, 15) is 10.1 Å². The van der Waals surface area contributed by atoms with Gasteiger partial charge in [0.1, 0.15) is 5.54 Å². The molecule has 2 rings (SSSR count). The number of anilines is 1. The Kier molecular flexibility index (Phi) is 3.99. The number of para-hydroxylation sites is 1. The molecule has 1 aliphatic rings. The lowest BCUT2D eigenvalue weighted by molar-refractivity contribution is -0.121. The SMILES string of the molecule is CC(C)[C@](C)(C#N)NC(=O)CN1CCc2ccccc21. The first-order valence-electron chi connectivity index (χ1n) is 7.01. The van der Waals surface area contributed by atoms with E-state index in [1.165, 1.54) is 5.56 Å². The van der Waals surface area contributed by atoms with E-state index in [4.69, 9.17) is 0 Å². The number of rotatable bonds is 4. The number of hydrogen-bond acceptors (Lipinski definition) is 3. The third kappa shape index (κ3) is 2.77. The largest absolute Gasteiger partial charge is 0.362 e. The van der Waals surface area contributed by atoms with Gasteiger partial charge in [-0.15, -0.1) is 0 Å². The third-order valence-electron chi connectivity index (χ3n) is 4.10. The average molecular weight is 271 g/mol. The van der Waals surface area contributed by atoms with E-state index in [1.54, 1.807) is 6.92 Å². The standard InChI is InChI=1S/C16H21N3O/c1-12(2)16(3,11-17)18-15(20)10-19-9-8-13-6-4-5-7-14(13)19/h4-7,12H,8-10H2,1-3H3,(H,18,20)/t16-/m0/s1. The van der Waals surface area contributed by atoms with Gasteiger partial charge >= 0.3 is 0 Å². The summed E-state index contributed by atoms with van der Waals surface area (Å²) in [5.74, 6) is -0.0261. The summed E-state index contributed by atoms with van der Waals surface area (Å²) in [5, 5.41) is 12.1. The molecule has 4 nitrogen and oxygen atoms in total. The van der Waals surface area contributed by atoms with Gasteiger partial charge in [-0.3, -0.25) is 4.79 Å². The summed E-state index contributed by atoms with van der Waals surface area (Å²) in [6, 6.07) is 10.4. The van der Waals surface area contributed by atoms with Crippen LogP contribution in [-0.4, -0.2) is 24.5 Å². The van der Waals surface area contributed by atoms with Crippen molar-refractivity contribution in [2.45, 2.75) is 32.7 Å². The maximum absolute atomic E-state index is 12.2. The molecule has 20 heavy (non-hydrogen) atoms. The van der Waals surface area contributed by atoms with Crippen LogP contribution in [0.3, 0.4) is 0 Å². The normalized spacial score (nSPS) is 16.4. The summed E-state index contributed by atoms with van der Waals surface area (Å²) in [6.07, 6.45) is 0.975. The van der Waals surface area contributed by atoms with Gasteiger partial charge in [0.15, 0.2) is 0 Å². The molecule has 1 atom stereocenters. The Morgan fingerprint density at radius 3 is 2.85 bits per heavy atom. The highest BCUT2D eigenvalue weighted by molar-refractivity contribution is 5.83. The van der Waals surface area contributed by atoms with E-state index in [2.05, 4.69) is 22.4 Å². The second kappa shape index (κ2) is 5.54. The number of carbonyl (C=O) groups is 1. The maximum Gasteiger partial charge on any atom is 0.240 e. The maximum atomic E-state index is 12.2. The zero-order valence-corrected chi connectivity index (χ0v) is 12.3. The monoisotopic (exact) mass is 271 g/mol. The van der Waals surface area contributed by atoms with Crippen LogP contribution < -0.4 is 10.2 Å². The summed E-state index contributed by atoms with van der Waals surface area (Å²) in [4.78, 5) is 14.3. The fourth-order valence-electron chi connectivity index (χ4n) is 2.37. The fourth-order valence-corrected chi connectivity index (χ4v) is 2.37. The van der Waals surface area contributed by atoms with Crippen LogP contribution in [-0.2, 0) is 11.2 Å². The van der Waals surface area contributed by atoms with E-state index in [-0.39, 0.29) is 11.8 Å². The van der Waals surface area contributed by atoms with Gasteiger partial charge in [0.25, 0.3) is 0 Å². The van der Waals surface area contributed by atoms with E-state index in [0.29, 0.717) is 6.54 Å². The molecule has 1 N–H and O–H groups in total. The third-order valence-corrected chi connectivity index (χ3v) is 4.10. The van der Waals surface area contributed by atoms with Gasteiger partial charge in [0.2, 0.25) is 5.91 Å². The molecule has 106 valence electrons. The number of carbonyl (C=O) groups excluding carboxylic acids is 1. The molecule has 1 amide bonds. The number of amides is 1. The molecule has 1 aromatic carbocycles. The van der Waals surface area contributed by atoms with E-state index < -0.39 is 5.54 Å². The van der Waals surface area contributed by atoms with E-state index in [1.807, 2.05) is 32.0 Å². The van der Waals surface area contributed by atoms with E-state index >= 15 is 0 Å². The molecule has 0 bridgehead atoms. The van der Waals surface area contributed by atoms with Crippen molar-refractivity contribution in [3.8, 4) is 6.07 Å². The summed E-state index contributed by atoms with van der Waals surface area (Å²) >= 11 is 0. The van der Waals surface area contributed by atoms with Crippen molar-refractivity contribution in [3.63, 3.8) is 0 Å². The zero-order chi connectivity index (χ0) is 14.8. The van der Waals surface area contributed by atoms with Gasteiger partial charge in [-0.05, 0) is 30.9 Å². The zero-order valence-electron chi connectivity index (χ0n) is 12.3. The average Bonchev–Trinajstić information content (AvgIpc) is 2.82. The molecule has 1 aliphatic heterocycles. The van der Waals surface area contributed by atoms with Gasteiger partial charge in [-0.1, -0.05) is 32.0 Å². The van der Waals surface area contributed by atoms with Gasteiger partial charge in [-0.2, -0.15) is 5.26 Å². The molecule has 1 heterocycles. The number of nitrogens with zero attached hydrogens (tertiary/aromatic N) is 2. The first-order chi connectivity index (χ1) is 9.46. The quantitative estimate of drug-likeness (QED) is 0.912. The number of hydrogen-bond donors (Lipinski definition) is 1. The van der Waals surface area contributed by atoms with Crippen molar-refractivity contribution in [2.24, 2.45) is 5.92 Å². The molecule has 0 spiro atoms. The Hall–Kier alpha value is -2.02. The lowest BCUT2D eigenvalue weighted by Gasteiger charge is -2.29. The van der Waals surface area contributed by atoms with Crippen LogP contribution in [0.25, 0.3) is 0 Å². The summed E-state index contributed by atoms with van der Waals surface area (Å²) in [6.45, 7) is 6.82. The van der Waals surface area contributed by atoms with Gasteiger partial charge < -0.3 is 10.2 Å². The molecular weight excluding hydrogens is 250 g/mol. The van der Waals surface area contributed by atoms with Gasteiger partial charge in [0, 0.05) is 12.2 Å². The lowest BCUT2D eigenvalue weighted by Crippen LogP contribution is -2.51. The van der Waals surface area contributed by atoms with E-state index in [0.717, 1.165) is 18.7 Å². The molecule has 0 fully saturated rings. The van der Waals surface area contributed by atoms with Crippen LogP contribution in [0.5, 0.6) is 0 Å². The van der Waals surface area contributed by atoms with Crippen molar-refractivity contribution in [1.29, 1.82) is 5.26 Å². The molecular formula is C16H21N3O. The molecule has 0 aliphatic carbocycles. The Labute approximate surface area is 120 Å². The Morgan fingerprint density at radius 2 is 2.20 bits per heavy atom. The van der Waals surface area contributed by atoms with Crippen LogP contribution in [0.1, 0.15) is 26.3 Å². The first-order valence-corrected chi connectivity index (χ1v) is 7.01. The Bertz CT molecular complexity index is 547. The van der Waals surface area contributed by atoms with Crippen molar-refractivity contribution >= 4 is 11.6 Å². The summed E-state index contributed by atoms with van der Waals surface area (Å²) in [5.41, 5.74) is 1.61. The predicted octanol–water partition coefficient (Wildman–Crippen LogP) is 2.10. The first kappa shape index (κ1) is 14.4. The number of nitriles is 1. The minimum atomic E-state index is -0.809. The highest BCUT2D eigenvalue weighted by Crippen LogP contribution is 2.27. The van der Waals surface area contributed by atoms with Crippen molar-refractivity contribution in [2.75, 3.05) is 18.0 Å². The van der Waals surface area contributed by atoms with Crippen LogP contribution in [0.2, 0.25) is 0 Å².